The number of hydrogen-bond donors (Lipinski definition) is 1. The molecule has 0 aliphatic carbocycles. The molecular weight excluding hydrogens is 312 g/mol. The highest BCUT2D eigenvalue weighted by Gasteiger charge is 2.11. The van der Waals surface area contributed by atoms with E-state index in [1.807, 2.05) is 67.6 Å². The molecule has 1 amide bonds. The normalized spacial score (nSPS) is 11.0. The van der Waals surface area contributed by atoms with Gasteiger partial charge in [0.1, 0.15) is 23.2 Å². The molecule has 0 aliphatic heterocycles. The molecule has 0 bridgehead atoms. The van der Waals surface area contributed by atoms with E-state index in [1.54, 1.807) is 12.1 Å². The molecule has 1 heterocycles. The van der Waals surface area contributed by atoms with Crippen LogP contribution in [0.25, 0.3) is 17.4 Å². The lowest BCUT2D eigenvalue weighted by Crippen LogP contribution is -2.13. The minimum atomic E-state index is -0.467. The Bertz CT molecular complexity index is 963. The first-order valence-corrected chi connectivity index (χ1v) is 7.81. The van der Waals surface area contributed by atoms with E-state index in [0.29, 0.717) is 17.2 Å². The van der Waals surface area contributed by atoms with Crippen molar-refractivity contribution in [1.82, 2.24) is 0 Å². The van der Waals surface area contributed by atoms with Gasteiger partial charge in [-0.2, -0.15) is 5.26 Å². The summed E-state index contributed by atoms with van der Waals surface area (Å²) in [6.07, 6.45) is 1.44. The molecule has 3 aromatic rings. The van der Waals surface area contributed by atoms with Crippen LogP contribution in [-0.2, 0) is 4.79 Å². The first kappa shape index (κ1) is 16.3. The van der Waals surface area contributed by atoms with E-state index < -0.39 is 5.91 Å². The van der Waals surface area contributed by atoms with Gasteiger partial charge in [-0.1, -0.05) is 42.5 Å². The van der Waals surface area contributed by atoms with Crippen molar-refractivity contribution in [2.45, 2.75) is 6.92 Å². The smallest absolute Gasteiger partial charge is 0.266 e. The van der Waals surface area contributed by atoms with E-state index in [4.69, 9.17) is 4.42 Å². The Balaban J connectivity index is 1.80. The number of rotatable bonds is 4. The van der Waals surface area contributed by atoms with Crippen molar-refractivity contribution in [2.24, 2.45) is 0 Å². The Morgan fingerprint density at radius 1 is 1.08 bits per heavy atom. The van der Waals surface area contributed by atoms with Crippen molar-refractivity contribution >= 4 is 17.7 Å². The predicted molar refractivity (Wildman–Crippen MR) is 97.5 cm³/mol. The van der Waals surface area contributed by atoms with Crippen LogP contribution in [0.2, 0.25) is 0 Å². The molecule has 0 aliphatic rings. The van der Waals surface area contributed by atoms with E-state index in [0.717, 1.165) is 11.1 Å². The third-order valence-corrected chi connectivity index (χ3v) is 3.61. The van der Waals surface area contributed by atoms with Crippen molar-refractivity contribution in [3.05, 3.63) is 83.6 Å². The number of nitriles is 1. The maximum absolute atomic E-state index is 12.3. The van der Waals surface area contributed by atoms with Gasteiger partial charge in [0.05, 0.1) is 0 Å². The van der Waals surface area contributed by atoms with Gasteiger partial charge in [-0.3, -0.25) is 4.79 Å². The summed E-state index contributed by atoms with van der Waals surface area (Å²) < 4.78 is 5.71. The van der Waals surface area contributed by atoms with Crippen LogP contribution in [0, 0.1) is 18.3 Å². The van der Waals surface area contributed by atoms with Crippen LogP contribution in [0.15, 0.2) is 76.7 Å². The summed E-state index contributed by atoms with van der Waals surface area (Å²) in [4.78, 5) is 12.3. The first-order chi connectivity index (χ1) is 12.2. The van der Waals surface area contributed by atoms with Crippen LogP contribution >= 0.6 is 0 Å². The summed E-state index contributed by atoms with van der Waals surface area (Å²) in [6.45, 7) is 1.94. The molecule has 1 aromatic heterocycles. The van der Waals surface area contributed by atoms with Crippen molar-refractivity contribution in [3.63, 3.8) is 0 Å². The number of aryl methyl sites for hydroxylation is 1. The molecule has 0 radical (unpaired) electrons. The van der Waals surface area contributed by atoms with Crippen LogP contribution in [0.4, 0.5) is 5.69 Å². The zero-order chi connectivity index (χ0) is 17.6. The number of furan rings is 1. The Kier molecular flexibility index (Phi) is 4.77. The molecular formula is C21H16N2O2. The first-order valence-electron chi connectivity index (χ1n) is 7.81. The minimum absolute atomic E-state index is 0.0181. The summed E-state index contributed by atoms with van der Waals surface area (Å²) in [5.74, 6) is 0.670. The average molecular weight is 328 g/mol. The van der Waals surface area contributed by atoms with Gasteiger partial charge >= 0.3 is 0 Å². The second kappa shape index (κ2) is 7.33. The molecule has 0 unspecified atom stereocenters. The number of amides is 1. The average Bonchev–Trinajstić information content (AvgIpc) is 3.09. The van der Waals surface area contributed by atoms with Crippen LogP contribution in [0.5, 0.6) is 0 Å². The summed E-state index contributed by atoms with van der Waals surface area (Å²) in [5.41, 5.74) is 2.59. The SMILES string of the molecule is Cc1cccc(NC(=O)/C(C#N)=C/c2ccc(-c3ccccc3)o2)c1. The lowest BCUT2D eigenvalue weighted by molar-refractivity contribution is -0.112. The Hall–Kier alpha value is -3.58. The van der Waals surface area contributed by atoms with Crippen LogP contribution in [0.3, 0.4) is 0 Å². The fraction of sp³-hybridized carbons (Fsp3) is 0.0476. The molecule has 0 saturated heterocycles. The highest BCUT2D eigenvalue weighted by molar-refractivity contribution is 6.09. The molecule has 0 saturated carbocycles. The van der Waals surface area contributed by atoms with E-state index in [9.17, 15) is 10.1 Å². The summed E-state index contributed by atoms with van der Waals surface area (Å²) >= 11 is 0. The molecule has 25 heavy (non-hydrogen) atoms. The Morgan fingerprint density at radius 2 is 1.88 bits per heavy atom. The Labute approximate surface area is 146 Å². The third kappa shape index (κ3) is 4.04. The van der Waals surface area contributed by atoms with Gasteiger partial charge in [-0.25, -0.2) is 0 Å². The fourth-order valence-corrected chi connectivity index (χ4v) is 2.40. The maximum Gasteiger partial charge on any atom is 0.266 e. The van der Waals surface area contributed by atoms with Gasteiger partial charge in [0.2, 0.25) is 0 Å². The topological polar surface area (TPSA) is 66.0 Å². The van der Waals surface area contributed by atoms with Crippen molar-refractivity contribution in [1.29, 1.82) is 5.26 Å². The zero-order valence-electron chi connectivity index (χ0n) is 13.7. The third-order valence-electron chi connectivity index (χ3n) is 3.61. The molecule has 0 atom stereocenters. The van der Waals surface area contributed by atoms with Crippen molar-refractivity contribution in [2.75, 3.05) is 5.32 Å². The van der Waals surface area contributed by atoms with Crippen molar-refractivity contribution < 1.29 is 9.21 Å². The lowest BCUT2D eigenvalue weighted by Gasteiger charge is -2.04. The number of nitrogens with zero attached hydrogens (tertiary/aromatic N) is 1. The summed E-state index contributed by atoms with van der Waals surface area (Å²) in [5, 5.41) is 12.0. The second-order valence-electron chi connectivity index (χ2n) is 5.56. The molecule has 4 nitrogen and oxygen atoms in total. The number of anilines is 1. The quantitative estimate of drug-likeness (QED) is 0.552. The van der Waals surface area contributed by atoms with Gasteiger partial charge in [0, 0.05) is 17.3 Å². The van der Waals surface area contributed by atoms with E-state index >= 15 is 0 Å². The highest BCUT2D eigenvalue weighted by Crippen LogP contribution is 2.23. The van der Waals surface area contributed by atoms with Gasteiger partial charge in [0.25, 0.3) is 5.91 Å². The monoisotopic (exact) mass is 328 g/mol. The van der Waals surface area contributed by atoms with Crippen LogP contribution in [-0.4, -0.2) is 5.91 Å². The maximum atomic E-state index is 12.3. The second-order valence-corrected chi connectivity index (χ2v) is 5.56. The van der Waals surface area contributed by atoms with Crippen LogP contribution < -0.4 is 5.32 Å². The molecule has 4 heteroatoms. The number of nitrogens with one attached hydrogen (secondary N) is 1. The highest BCUT2D eigenvalue weighted by atomic mass is 16.3. The van der Waals surface area contributed by atoms with Gasteiger partial charge in [0.15, 0.2) is 0 Å². The zero-order valence-corrected chi connectivity index (χ0v) is 13.7. The summed E-state index contributed by atoms with van der Waals surface area (Å²) in [7, 11) is 0. The fourth-order valence-electron chi connectivity index (χ4n) is 2.40. The standard InChI is InChI=1S/C21H16N2O2/c1-15-6-5-9-18(12-15)23-21(24)17(14-22)13-19-10-11-20(25-19)16-7-3-2-4-8-16/h2-13H,1H3,(H,23,24)/b17-13+. The number of carbonyl (C=O) groups excluding carboxylic acids is 1. The Morgan fingerprint density at radius 3 is 2.60 bits per heavy atom. The lowest BCUT2D eigenvalue weighted by atomic mass is 10.2. The number of hydrogen-bond acceptors (Lipinski definition) is 3. The number of carbonyl (C=O) groups is 1. The molecule has 0 spiro atoms. The molecule has 2 aromatic carbocycles. The largest absolute Gasteiger partial charge is 0.457 e. The van der Waals surface area contributed by atoms with Gasteiger partial charge in [-0.05, 0) is 36.8 Å². The molecule has 3 rings (SSSR count). The molecule has 1 N–H and O–H groups in total. The predicted octanol–water partition coefficient (Wildman–Crippen LogP) is 4.80. The van der Waals surface area contributed by atoms with E-state index in [1.165, 1.54) is 6.08 Å². The minimum Gasteiger partial charge on any atom is -0.457 e. The van der Waals surface area contributed by atoms with E-state index in [2.05, 4.69) is 5.32 Å². The molecule has 122 valence electrons. The van der Waals surface area contributed by atoms with Crippen LogP contribution in [0.1, 0.15) is 11.3 Å². The summed E-state index contributed by atoms with van der Waals surface area (Å²) in [6, 6.07) is 22.5. The van der Waals surface area contributed by atoms with Gasteiger partial charge in [-0.15, -0.1) is 0 Å². The number of benzene rings is 2. The molecule has 0 fully saturated rings. The van der Waals surface area contributed by atoms with E-state index in [-0.39, 0.29) is 5.57 Å². The van der Waals surface area contributed by atoms with Gasteiger partial charge < -0.3 is 9.73 Å². The van der Waals surface area contributed by atoms with Crippen molar-refractivity contribution in [3.8, 4) is 17.4 Å².